The van der Waals surface area contributed by atoms with Gasteiger partial charge >= 0.3 is 0 Å². The van der Waals surface area contributed by atoms with Gasteiger partial charge in [0.05, 0.1) is 24.0 Å². The Morgan fingerprint density at radius 1 is 1.00 bits per heavy atom. The molecule has 4 rings (SSSR count). The Kier molecular flexibility index (Phi) is 6.19. The number of para-hydroxylation sites is 2. The molecule has 0 aromatic heterocycles. The van der Waals surface area contributed by atoms with Crippen molar-refractivity contribution in [1.29, 1.82) is 0 Å². The molecule has 0 saturated heterocycles. The molecule has 3 aromatic carbocycles. The summed E-state index contributed by atoms with van der Waals surface area (Å²) in [4.78, 5) is 13.3. The van der Waals surface area contributed by atoms with Crippen LogP contribution in [-0.2, 0) is 14.8 Å². The molecule has 6 nitrogen and oxygen atoms in total. The maximum Gasteiger partial charge on any atom is 0.263 e. The molecule has 7 heteroatoms. The largest absolute Gasteiger partial charge is 0.476 e. The second-order valence-electron chi connectivity index (χ2n) is 7.77. The Hall–Kier alpha value is -3.32. The Bertz CT molecular complexity index is 1190. The summed E-state index contributed by atoms with van der Waals surface area (Å²) >= 11 is 0. The fourth-order valence-electron chi connectivity index (χ4n) is 3.76. The van der Waals surface area contributed by atoms with Crippen LogP contribution in [0.2, 0.25) is 0 Å². The summed E-state index contributed by atoms with van der Waals surface area (Å²) in [5.41, 5.74) is 3.44. The molecule has 0 radical (unpaired) electrons. The molecule has 1 amide bonds. The van der Waals surface area contributed by atoms with Crippen LogP contribution >= 0.6 is 0 Å². The zero-order valence-electron chi connectivity index (χ0n) is 18.1. The molecule has 1 aliphatic rings. The summed E-state index contributed by atoms with van der Waals surface area (Å²) < 4.78 is 32.7. The van der Waals surface area contributed by atoms with Crippen molar-refractivity contribution in [2.24, 2.45) is 0 Å². The van der Waals surface area contributed by atoms with Crippen LogP contribution in [0.25, 0.3) is 0 Å². The van der Waals surface area contributed by atoms with Crippen LogP contribution in [0, 0.1) is 6.92 Å². The molecule has 0 bridgehead atoms. The standard InChI is InChI=1S/C25H26N2O4S/c1-3-32(29,30)27-17-23(31-22-12-8-7-11-21(22)27)25(28)26-24(19-9-5-4-6-10-19)20-15-13-18(2)14-16-20/h4-16,23-24H,3,17H2,1-2H3,(H,26,28)/t23-,24+/m0/s1. The summed E-state index contributed by atoms with van der Waals surface area (Å²) in [7, 11) is -3.57. The van der Waals surface area contributed by atoms with Crippen molar-refractivity contribution in [3.63, 3.8) is 0 Å². The third kappa shape index (κ3) is 4.48. The SMILES string of the molecule is CCS(=O)(=O)N1C[C@@H](C(=O)N[C@H](c2ccccc2)c2ccc(C)cc2)Oc2ccccc21. The maximum absolute atomic E-state index is 13.3. The van der Waals surface area contributed by atoms with Gasteiger partial charge in [-0.3, -0.25) is 9.10 Å². The lowest BCUT2D eigenvalue weighted by molar-refractivity contribution is -0.128. The van der Waals surface area contributed by atoms with E-state index >= 15 is 0 Å². The lowest BCUT2D eigenvalue weighted by atomic mass is 9.97. The highest BCUT2D eigenvalue weighted by Crippen LogP contribution is 2.35. The number of rotatable bonds is 6. The number of carbonyl (C=O) groups is 1. The number of anilines is 1. The molecule has 32 heavy (non-hydrogen) atoms. The maximum atomic E-state index is 13.3. The molecule has 0 spiro atoms. The number of ether oxygens (including phenoxy) is 1. The van der Waals surface area contributed by atoms with E-state index in [4.69, 9.17) is 4.74 Å². The van der Waals surface area contributed by atoms with E-state index in [9.17, 15) is 13.2 Å². The van der Waals surface area contributed by atoms with E-state index < -0.39 is 16.1 Å². The van der Waals surface area contributed by atoms with Gasteiger partial charge in [0.15, 0.2) is 6.10 Å². The van der Waals surface area contributed by atoms with Gasteiger partial charge in [0, 0.05) is 0 Å². The third-order valence-corrected chi connectivity index (χ3v) is 7.30. The highest BCUT2D eigenvalue weighted by atomic mass is 32.2. The summed E-state index contributed by atoms with van der Waals surface area (Å²) in [5.74, 6) is -0.0566. The third-order valence-electron chi connectivity index (χ3n) is 5.56. The average molecular weight is 451 g/mol. The first-order chi connectivity index (χ1) is 15.4. The number of carbonyl (C=O) groups excluding carboxylic acids is 1. The van der Waals surface area contributed by atoms with Gasteiger partial charge < -0.3 is 10.1 Å². The molecule has 0 saturated carbocycles. The fraction of sp³-hybridized carbons (Fsp3) is 0.240. The molecular formula is C25H26N2O4S. The highest BCUT2D eigenvalue weighted by Gasteiger charge is 2.36. The van der Waals surface area contributed by atoms with Crippen molar-refractivity contribution in [1.82, 2.24) is 5.32 Å². The Morgan fingerprint density at radius 2 is 1.62 bits per heavy atom. The smallest absolute Gasteiger partial charge is 0.263 e. The minimum Gasteiger partial charge on any atom is -0.476 e. The molecule has 3 aromatic rings. The number of sulfonamides is 1. The lowest BCUT2D eigenvalue weighted by Gasteiger charge is -2.35. The van der Waals surface area contributed by atoms with Crippen molar-refractivity contribution >= 4 is 21.6 Å². The Morgan fingerprint density at radius 3 is 2.31 bits per heavy atom. The molecule has 166 valence electrons. The van der Waals surface area contributed by atoms with E-state index in [-0.39, 0.29) is 24.2 Å². The fourth-order valence-corrected chi connectivity index (χ4v) is 4.88. The highest BCUT2D eigenvalue weighted by molar-refractivity contribution is 7.92. The van der Waals surface area contributed by atoms with Gasteiger partial charge in [-0.15, -0.1) is 0 Å². The van der Waals surface area contributed by atoms with Gasteiger partial charge in [-0.25, -0.2) is 8.42 Å². The quantitative estimate of drug-likeness (QED) is 0.620. The first kappa shape index (κ1) is 21.9. The minimum absolute atomic E-state index is 0.0638. The molecule has 0 aliphatic carbocycles. The molecule has 2 atom stereocenters. The number of fused-ring (bicyclic) bond motifs is 1. The molecule has 0 fully saturated rings. The van der Waals surface area contributed by atoms with Crippen LogP contribution in [0.5, 0.6) is 5.75 Å². The van der Waals surface area contributed by atoms with Crippen molar-refractivity contribution in [3.05, 3.63) is 95.6 Å². The summed E-state index contributed by atoms with van der Waals surface area (Å²) in [6.45, 7) is 3.52. The van der Waals surface area contributed by atoms with E-state index in [1.165, 1.54) is 4.31 Å². The van der Waals surface area contributed by atoms with Crippen LogP contribution in [-0.4, -0.2) is 32.7 Å². The summed E-state index contributed by atoms with van der Waals surface area (Å²) in [6.07, 6.45) is -0.970. The molecule has 1 N–H and O–H groups in total. The summed E-state index contributed by atoms with van der Waals surface area (Å²) in [5, 5.41) is 3.07. The van der Waals surface area contributed by atoms with Crippen LogP contribution in [0.15, 0.2) is 78.9 Å². The number of nitrogens with one attached hydrogen (secondary N) is 1. The zero-order valence-corrected chi connectivity index (χ0v) is 18.9. The molecule has 1 heterocycles. The van der Waals surface area contributed by atoms with Crippen LogP contribution in [0.3, 0.4) is 0 Å². The normalized spacial score (nSPS) is 16.6. The average Bonchev–Trinajstić information content (AvgIpc) is 2.83. The number of amides is 1. The lowest BCUT2D eigenvalue weighted by Crippen LogP contribution is -2.51. The van der Waals surface area contributed by atoms with E-state index in [0.717, 1.165) is 16.7 Å². The first-order valence-electron chi connectivity index (χ1n) is 10.6. The van der Waals surface area contributed by atoms with Crippen LogP contribution in [0.1, 0.15) is 29.7 Å². The molecular weight excluding hydrogens is 424 g/mol. The minimum atomic E-state index is -3.57. The topological polar surface area (TPSA) is 75.7 Å². The van der Waals surface area contributed by atoms with Gasteiger partial charge in [-0.05, 0) is 37.1 Å². The van der Waals surface area contributed by atoms with E-state index in [0.29, 0.717) is 11.4 Å². The van der Waals surface area contributed by atoms with Crippen molar-refractivity contribution in [2.45, 2.75) is 26.0 Å². The van der Waals surface area contributed by atoms with Crippen LogP contribution in [0.4, 0.5) is 5.69 Å². The number of benzene rings is 3. The van der Waals surface area contributed by atoms with Gasteiger partial charge in [0.2, 0.25) is 10.0 Å². The Balaban J connectivity index is 1.64. The zero-order chi connectivity index (χ0) is 22.7. The van der Waals surface area contributed by atoms with Crippen LogP contribution < -0.4 is 14.4 Å². The number of hydrogen-bond donors (Lipinski definition) is 1. The predicted molar refractivity (Wildman–Crippen MR) is 125 cm³/mol. The number of nitrogens with zero attached hydrogens (tertiary/aromatic N) is 1. The number of aryl methyl sites for hydroxylation is 1. The monoisotopic (exact) mass is 450 g/mol. The van der Waals surface area contributed by atoms with Crippen molar-refractivity contribution in [2.75, 3.05) is 16.6 Å². The second kappa shape index (κ2) is 9.04. The van der Waals surface area contributed by atoms with E-state index in [1.54, 1.807) is 31.2 Å². The predicted octanol–water partition coefficient (Wildman–Crippen LogP) is 3.82. The Labute approximate surface area is 188 Å². The number of hydrogen-bond acceptors (Lipinski definition) is 4. The van der Waals surface area contributed by atoms with E-state index in [2.05, 4.69) is 5.32 Å². The molecule has 0 unspecified atom stereocenters. The van der Waals surface area contributed by atoms with Gasteiger partial charge in [0.1, 0.15) is 5.75 Å². The summed E-state index contributed by atoms with van der Waals surface area (Å²) in [6, 6.07) is 24.1. The second-order valence-corrected chi connectivity index (χ2v) is 9.95. The van der Waals surface area contributed by atoms with Gasteiger partial charge in [-0.2, -0.15) is 0 Å². The van der Waals surface area contributed by atoms with Gasteiger partial charge in [0.25, 0.3) is 5.91 Å². The molecule has 1 aliphatic heterocycles. The van der Waals surface area contributed by atoms with Crippen molar-refractivity contribution < 1.29 is 17.9 Å². The first-order valence-corrected chi connectivity index (χ1v) is 12.2. The van der Waals surface area contributed by atoms with Gasteiger partial charge in [-0.1, -0.05) is 72.3 Å². The van der Waals surface area contributed by atoms with E-state index in [1.807, 2.05) is 61.5 Å². The van der Waals surface area contributed by atoms with Crippen molar-refractivity contribution in [3.8, 4) is 5.75 Å².